The van der Waals surface area contributed by atoms with Crippen molar-refractivity contribution in [2.45, 2.75) is 79.1 Å². The van der Waals surface area contributed by atoms with Crippen molar-refractivity contribution in [3.63, 3.8) is 0 Å². The smallest absolute Gasteiger partial charge is 0.142 e. The summed E-state index contributed by atoms with van der Waals surface area (Å²) in [5.74, 6) is 1.95. The van der Waals surface area contributed by atoms with Gasteiger partial charge in [-0.3, -0.25) is 4.79 Å². The van der Waals surface area contributed by atoms with Crippen molar-refractivity contribution in [2.24, 2.45) is 23.2 Å². The highest BCUT2D eigenvalue weighted by Gasteiger charge is 2.49. The Kier molecular flexibility index (Phi) is 7.94. The molecule has 0 aromatic heterocycles. The summed E-state index contributed by atoms with van der Waals surface area (Å²) < 4.78 is 5.52. The molecule has 0 heterocycles. The third-order valence-electron chi connectivity index (χ3n) is 5.95. The number of carbonyl (C=O) groups excluding carboxylic acids is 1. The van der Waals surface area contributed by atoms with Crippen molar-refractivity contribution < 1.29 is 9.53 Å². The van der Waals surface area contributed by atoms with E-state index in [0.29, 0.717) is 30.1 Å². The van der Waals surface area contributed by atoms with E-state index >= 15 is 0 Å². The first kappa shape index (κ1) is 18.7. The minimum Gasteiger partial charge on any atom is -0.384 e. The number of methoxy groups -OCH3 is 1. The molecule has 0 N–H and O–H groups in total. The van der Waals surface area contributed by atoms with E-state index in [1.807, 2.05) is 0 Å². The summed E-state index contributed by atoms with van der Waals surface area (Å²) in [5.41, 5.74) is -0.230. The van der Waals surface area contributed by atoms with Crippen LogP contribution < -0.4 is 0 Å². The average molecular weight is 296 g/mol. The normalized spacial score (nSPS) is 31.1. The Bertz CT molecular complexity index is 301. The van der Waals surface area contributed by atoms with Gasteiger partial charge in [0.1, 0.15) is 5.78 Å². The zero-order valence-electron chi connectivity index (χ0n) is 14.9. The predicted octanol–water partition coefficient (Wildman–Crippen LogP) is 5.25. The average Bonchev–Trinajstić information content (AvgIpc) is 2.47. The lowest BCUT2D eigenvalue weighted by Gasteiger charge is -2.46. The number of Topliss-reactive ketones (excluding diaryl/α,β-unsaturated/α-hetero) is 1. The van der Waals surface area contributed by atoms with Gasteiger partial charge >= 0.3 is 0 Å². The van der Waals surface area contributed by atoms with Gasteiger partial charge in [0.05, 0.1) is 12.0 Å². The fourth-order valence-electron chi connectivity index (χ4n) is 4.28. The summed E-state index contributed by atoms with van der Waals surface area (Å²) >= 11 is 0. The van der Waals surface area contributed by atoms with E-state index in [1.54, 1.807) is 7.11 Å². The van der Waals surface area contributed by atoms with Gasteiger partial charge in [-0.05, 0) is 30.6 Å². The Balaban J connectivity index is 2.85. The maximum atomic E-state index is 13.2. The Hall–Kier alpha value is -0.370. The van der Waals surface area contributed by atoms with E-state index in [4.69, 9.17) is 4.74 Å². The van der Waals surface area contributed by atoms with Crippen LogP contribution in [0.3, 0.4) is 0 Å². The summed E-state index contributed by atoms with van der Waals surface area (Å²) in [6.45, 7) is 9.59. The van der Waals surface area contributed by atoms with Gasteiger partial charge in [-0.25, -0.2) is 0 Å². The van der Waals surface area contributed by atoms with Gasteiger partial charge in [-0.1, -0.05) is 59.8 Å². The van der Waals surface area contributed by atoms with Gasteiger partial charge in [-0.15, -0.1) is 0 Å². The number of carbonyl (C=O) groups is 1. The molecule has 0 bridgehead atoms. The molecule has 3 unspecified atom stereocenters. The van der Waals surface area contributed by atoms with Gasteiger partial charge < -0.3 is 4.74 Å². The second-order valence-electron chi connectivity index (χ2n) is 7.25. The standard InChI is InChI=1S/C19H36O2/c1-6-8-12-17(7-2)13-18(20)19(14-21-5)15(3)10-9-11-16(19)4/h15-17H,6-14H2,1-5H3. The fraction of sp³-hybridized carbons (Fsp3) is 0.947. The Morgan fingerprint density at radius 1 is 1.24 bits per heavy atom. The molecular formula is C19H36O2. The van der Waals surface area contributed by atoms with Crippen LogP contribution in [-0.4, -0.2) is 19.5 Å². The summed E-state index contributed by atoms with van der Waals surface area (Å²) in [6.07, 6.45) is 9.15. The largest absolute Gasteiger partial charge is 0.384 e. The van der Waals surface area contributed by atoms with Crippen LogP contribution in [0.25, 0.3) is 0 Å². The van der Waals surface area contributed by atoms with Crippen molar-refractivity contribution in [3.8, 4) is 0 Å². The zero-order chi connectivity index (χ0) is 15.9. The van der Waals surface area contributed by atoms with E-state index in [-0.39, 0.29) is 5.41 Å². The number of unbranched alkanes of at least 4 members (excludes halogenated alkanes) is 1. The molecule has 2 nitrogen and oxygen atoms in total. The minimum absolute atomic E-state index is 0.230. The Morgan fingerprint density at radius 2 is 1.86 bits per heavy atom. The summed E-state index contributed by atoms with van der Waals surface area (Å²) in [5, 5.41) is 0. The zero-order valence-corrected chi connectivity index (χ0v) is 14.9. The molecule has 1 rings (SSSR count). The molecule has 0 aliphatic heterocycles. The summed E-state index contributed by atoms with van der Waals surface area (Å²) in [6, 6.07) is 0. The number of hydrogen-bond acceptors (Lipinski definition) is 2. The highest BCUT2D eigenvalue weighted by molar-refractivity contribution is 5.86. The Labute approximate surface area is 132 Å². The topological polar surface area (TPSA) is 26.3 Å². The molecule has 0 aromatic carbocycles. The van der Waals surface area contributed by atoms with E-state index in [1.165, 1.54) is 38.5 Å². The van der Waals surface area contributed by atoms with Crippen LogP contribution >= 0.6 is 0 Å². The van der Waals surface area contributed by atoms with Crippen LogP contribution in [0.1, 0.15) is 79.1 Å². The number of hydrogen-bond donors (Lipinski definition) is 0. The maximum Gasteiger partial charge on any atom is 0.142 e. The SMILES string of the molecule is CCCCC(CC)CC(=O)C1(COC)C(C)CCCC1C. The quantitative estimate of drug-likeness (QED) is 0.581. The first-order chi connectivity index (χ1) is 10.0. The molecule has 0 saturated heterocycles. The number of rotatable bonds is 9. The number of ether oxygens (including phenoxy) is 1. The van der Waals surface area contributed by atoms with E-state index < -0.39 is 0 Å². The Morgan fingerprint density at radius 3 is 2.33 bits per heavy atom. The van der Waals surface area contributed by atoms with Crippen LogP contribution in [0.2, 0.25) is 0 Å². The van der Waals surface area contributed by atoms with Gasteiger partial charge in [0, 0.05) is 13.5 Å². The molecule has 124 valence electrons. The van der Waals surface area contributed by atoms with Crippen molar-refractivity contribution in [2.75, 3.05) is 13.7 Å². The van der Waals surface area contributed by atoms with Crippen LogP contribution in [0.4, 0.5) is 0 Å². The molecule has 0 amide bonds. The number of ketones is 1. The first-order valence-electron chi connectivity index (χ1n) is 9.05. The van der Waals surface area contributed by atoms with Gasteiger partial charge in [0.2, 0.25) is 0 Å². The molecule has 21 heavy (non-hydrogen) atoms. The summed E-state index contributed by atoms with van der Waals surface area (Å²) in [4.78, 5) is 13.2. The molecule has 1 saturated carbocycles. The van der Waals surface area contributed by atoms with Gasteiger partial charge in [0.25, 0.3) is 0 Å². The van der Waals surface area contributed by atoms with Crippen LogP contribution in [0, 0.1) is 23.2 Å². The van der Waals surface area contributed by atoms with E-state index in [9.17, 15) is 4.79 Å². The third-order valence-corrected chi connectivity index (χ3v) is 5.95. The summed E-state index contributed by atoms with van der Waals surface area (Å²) in [7, 11) is 1.75. The highest BCUT2D eigenvalue weighted by Crippen LogP contribution is 2.47. The maximum absolute atomic E-state index is 13.2. The lowest BCUT2D eigenvalue weighted by molar-refractivity contribution is -0.145. The lowest BCUT2D eigenvalue weighted by atomic mass is 9.58. The molecule has 1 fully saturated rings. The third kappa shape index (κ3) is 4.31. The van der Waals surface area contributed by atoms with Gasteiger partial charge in [-0.2, -0.15) is 0 Å². The molecule has 3 atom stereocenters. The molecule has 0 aromatic rings. The van der Waals surface area contributed by atoms with Gasteiger partial charge in [0.15, 0.2) is 0 Å². The first-order valence-corrected chi connectivity index (χ1v) is 9.05. The van der Waals surface area contributed by atoms with Crippen molar-refractivity contribution in [3.05, 3.63) is 0 Å². The van der Waals surface area contributed by atoms with Crippen LogP contribution in [0.15, 0.2) is 0 Å². The molecular weight excluding hydrogens is 260 g/mol. The predicted molar refractivity (Wildman–Crippen MR) is 89.4 cm³/mol. The lowest BCUT2D eigenvalue weighted by Crippen LogP contribution is -2.49. The van der Waals surface area contributed by atoms with E-state index in [2.05, 4.69) is 27.7 Å². The molecule has 0 spiro atoms. The van der Waals surface area contributed by atoms with Crippen LogP contribution in [0.5, 0.6) is 0 Å². The van der Waals surface area contributed by atoms with Crippen molar-refractivity contribution in [1.82, 2.24) is 0 Å². The van der Waals surface area contributed by atoms with Crippen molar-refractivity contribution >= 4 is 5.78 Å². The molecule has 1 aliphatic carbocycles. The molecule has 2 heteroatoms. The molecule has 0 radical (unpaired) electrons. The van der Waals surface area contributed by atoms with E-state index in [0.717, 1.165) is 12.8 Å². The fourth-order valence-corrected chi connectivity index (χ4v) is 4.28. The monoisotopic (exact) mass is 296 g/mol. The second kappa shape index (κ2) is 8.92. The highest BCUT2D eigenvalue weighted by atomic mass is 16.5. The second-order valence-corrected chi connectivity index (χ2v) is 7.25. The molecule has 1 aliphatic rings. The minimum atomic E-state index is -0.230. The van der Waals surface area contributed by atoms with Crippen LogP contribution in [-0.2, 0) is 9.53 Å². The van der Waals surface area contributed by atoms with Crippen molar-refractivity contribution in [1.29, 1.82) is 0 Å².